The number of aliphatic hydroxyl groups is 1. The van der Waals surface area contributed by atoms with Crippen molar-refractivity contribution in [3.8, 4) is 0 Å². The number of halogens is 1. The van der Waals surface area contributed by atoms with Crippen molar-refractivity contribution in [3.63, 3.8) is 0 Å². The van der Waals surface area contributed by atoms with Crippen LogP contribution in [0.1, 0.15) is 18.1 Å². The molecule has 1 aliphatic rings. The molecular formula is C22H26FNO5. The molecule has 0 radical (unpaired) electrons. The number of hydrogen-bond donors (Lipinski definition) is 2. The van der Waals surface area contributed by atoms with E-state index in [0.717, 1.165) is 11.1 Å². The van der Waals surface area contributed by atoms with Gasteiger partial charge in [0.1, 0.15) is 18.2 Å². The van der Waals surface area contributed by atoms with Gasteiger partial charge in [-0.25, -0.2) is 4.39 Å². The molecule has 156 valence electrons. The van der Waals surface area contributed by atoms with Gasteiger partial charge in [-0.05, 0) is 11.1 Å². The highest BCUT2D eigenvalue weighted by atomic mass is 19.1. The monoisotopic (exact) mass is 403 g/mol. The first kappa shape index (κ1) is 21.4. The molecule has 0 aromatic heterocycles. The number of carbonyl (C=O) groups excluding carboxylic acids is 1. The lowest BCUT2D eigenvalue weighted by molar-refractivity contribution is -0.253. The predicted octanol–water partition coefficient (Wildman–Crippen LogP) is 2.35. The van der Waals surface area contributed by atoms with E-state index in [1.165, 1.54) is 6.92 Å². The number of carbonyl (C=O) groups is 1. The number of ether oxygens (including phenoxy) is 3. The zero-order valence-electron chi connectivity index (χ0n) is 16.2. The van der Waals surface area contributed by atoms with Gasteiger partial charge in [-0.2, -0.15) is 0 Å². The second kappa shape index (κ2) is 10.5. The summed E-state index contributed by atoms with van der Waals surface area (Å²) in [5.74, 6) is -0.406. The molecule has 1 heterocycles. The number of hydrogen-bond acceptors (Lipinski definition) is 5. The molecule has 1 aliphatic heterocycles. The van der Waals surface area contributed by atoms with Crippen molar-refractivity contribution in [1.29, 1.82) is 0 Å². The smallest absolute Gasteiger partial charge is 0.217 e. The van der Waals surface area contributed by atoms with Crippen LogP contribution in [0.15, 0.2) is 60.7 Å². The molecule has 0 spiro atoms. The Kier molecular flexibility index (Phi) is 7.71. The van der Waals surface area contributed by atoms with Crippen LogP contribution >= 0.6 is 0 Å². The summed E-state index contributed by atoms with van der Waals surface area (Å²) in [6.07, 6.45) is -5.08. The highest BCUT2D eigenvalue weighted by Crippen LogP contribution is 2.26. The van der Waals surface area contributed by atoms with Crippen molar-refractivity contribution in [2.45, 2.75) is 50.8 Å². The van der Waals surface area contributed by atoms with E-state index in [4.69, 9.17) is 14.2 Å². The molecule has 6 nitrogen and oxygen atoms in total. The fourth-order valence-electron chi connectivity index (χ4n) is 3.26. The molecular weight excluding hydrogens is 377 g/mol. The Labute approximate surface area is 169 Å². The molecule has 2 N–H and O–H groups in total. The van der Waals surface area contributed by atoms with Gasteiger partial charge >= 0.3 is 0 Å². The maximum Gasteiger partial charge on any atom is 0.217 e. The molecule has 1 saturated heterocycles. The van der Waals surface area contributed by atoms with Crippen molar-refractivity contribution in [3.05, 3.63) is 71.8 Å². The first-order valence-corrected chi connectivity index (χ1v) is 9.56. The Morgan fingerprint density at radius 2 is 1.66 bits per heavy atom. The minimum atomic E-state index is -1.59. The van der Waals surface area contributed by atoms with Crippen LogP contribution in [0.4, 0.5) is 4.39 Å². The maximum atomic E-state index is 15.2. The fraction of sp³-hybridized carbons (Fsp3) is 0.409. The molecule has 3 rings (SSSR count). The van der Waals surface area contributed by atoms with Crippen LogP contribution in [0, 0.1) is 0 Å². The Balaban J connectivity index is 1.64. The Hall–Kier alpha value is -2.32. The third kappa shape index (κ3) is 6.08. The third-order valence-electron chi connectivity index (χ3n) is 4.69. The molecule has 0 bridgehead atoms. The van der Waals surface area contributed by atoms with Gasteiger partial charge in [-0.1, -0.05) is 60.7 Å². The van der Waals surface area contributed by atoms with E-state index in [1.807, 2.05) is 60.7 Å². The van der Waals surface area contributed by atoms with Crippen LogP contribution in [0.3, 0.4) is 0 Å². The lowest BCUT2D eigenvalue weighted by Crippen LogP contribution is -2.63. The summed E-state index contributed by atoms with van der Waals surface area (Å²) in [5.41, 5.74) is 1.81. The molecule has 1 amide bonds. The highest BCUT2D eigenvalue weighted by molar-refractivity contribution is 5.73. The largest absolute Gasteiger partial charge is 0.374 e. The third-order valence-corrected chi connectivity index (χ3v) is 4.69. The molecule has 5 atom stereocenters. The maximum absolute atomic E-state index is 15.2. The summed E-state index contributed by atoms with van der Waals surface area (Å²) in [6, 6.07) is 17.8. The van der Waals surface area contributed by atoms with E-state index in [9.17, 15) is 9.90 Å². The van der Waals surface area contributed by atoms with Gasteiger partial charge in [0.05, 0.1) is 19.8 Å². The van der Waals surface area contributed by atoms with Gasteiger partial charge in [-0.15, -0.1) is 0 Å². The Bertz CT molecular complexity index is 760. The lowest BCUT2D eigenvalue weighted by Gasteiger charge is -2.41. The quantitative estimate of drug-likeness (QED) is 0.708. The summed E-state index contributed by atoms with van der Waals surface area (Å²) >= 11 is 0. The summed E-state index contributed by atoms with van der Waals surface area (Å²) in [4.78, 5) is 11.5. The van der Waals surface area contributed by atoms with Gasteiger partial charge in [0.2, 0.25) is 5.91 Å². The average molecular weight is 403 g/mol. The summed E-state index contributed by atoms with van der Waals surface area (Å²) in [7, 11) is 0. The zero-order chi connectivity index (χ0) is 20.6. The number of aliphatic hydroxyl groups excluding tert-OH is 1. The molecule has 0 unspecified atom stereocenters. The van der Waals surface area contributed by atoms with E-state index in [-0.39, 0.29) is 13.2 Å². The molecule has 0 saturated carbocycles. The van der Waals surface area contributed by atoms with Gasteiger partial charge in [0.25, 0.3) is 0 Å². The van der Waals surface area contributed by atoms with Gasteiger partial charge in [-0.3, -0.25) is 4.79 Å². The summed E-state index contributed by atoms with van der Waals surface area (Å²) in [5, 5.41) is 12.9. The minimum Gasteiger partial charge on any atom is -0.374 e. The van der Waals surface area contributed by atoms with Crippen LogP contribution in [0.2, 0.25) is 0 Å². The van der Waals surface area contributed by atoms with Crippen molar-refractivity contribution < 1.29 is 28.5 Å². The predicted molar refractivity (Wildman–Crippen MR) is 104 cm³/mol. The van der Waals surface area contributed by atoms with Crippen LogP contribution in [0.25, 0.3) is 0 Å². The van der Waals surface area contributed by atoms with Gasteiger partial charge in [0.15, 0.2) is 12.5 Å². The number of alkyl halides is 1. The van der Waals surface area contributed by atoms with Crippen LogP contribution in [-0.4, -0.2) is 48.3 Å². The molecule has 1 fully saturated rings. The first-order valence-electron chi connectivity index (χ1n) is 9.56. The summed E-state index contributed by atoms with van der Waals surface area (Å²) < 4.78 is 32.0. The number of benzene rings is 2. The van der Waals surface area contributed by atoms with E-state index in [0.29, 0.717) is 6.61 Å². The normalized spacial score (nSPS) is 26.8. The topological polar surface area (TPSA) is 77.0 Å². The lowest BCUT2D eigenvalue weighted by atomic mass is 9.97. The Morgan fingerprint density at radius 1 is 1.07 bits per heavy atom. The second-order valence-corrected chi connectivity index (χ2v) is 7.00. The van der Waals surface area contributed by atoms with Crippen LogP contribution in [-0.2, 0) is 32.2 Å². The van der Waals surface area contributed by atoms with Crippen LogP contribution < -0.4 is 5.32 Å². The van der Waals surface area contributed by atoms with E-state index in [2.05, 4.69) is 5.32 Å². The molecule has 2 aromatic rings. The first-order chi connectivity index (χ1) is 14.0. The number of nitrogens with one attached hydrogen (secondary N) is 1. The SMILES string of the molecule is CC(=O)N[C@H]1[C@@H](OCc2ccccc2)[C@H](F)[C@@H](COCc2ccccc2)O[C@@H]1O. The standard InChI is InChI=1S/C22H26FNO5/c1-15(25)24-20-21(28-13-17-10-6-3-7-11-17)19(23)18(29-22(20)26)14-27-12-16-8-4-2-5-9-16/h2-11,18-22,26H,12-14H2,1H3,(H,24,25)/t18-,19-,20+,21+,22+/m1/s1. The number of amides is 1. The van der Waals surface area contributed by atoms with E-state index >= 15 is 4.39 Å². The second-order valence-electron chi connectivity index (χ2n) is 7.00. The molecule has 2 aromatic carbocycles. The Morgan fingerprint density at radius 3 is 2.24 bits per heavy atom. The van der Waals surface area contributed by atoms with Gasteiger partial charge in [0, 0.05) is 6.92 Å². The number of rotatable bonds is 8. The van der Waals surface area contributed by atoms with Crippen molar-refractivity contribution in [2.24, 2.45) is 0 Å². The van der Waals surface area contributed by atoms with Crippen LogP contribution in [0.5, 0.6) is 0 Å². The van der Waals surface area contributed by atoms with Gasteiger partial charge < -0.3 is 24.6 Å². The molecule has 7 heteroatoms. The fourth-order valence-corrected chi connectivity index (χ4v) is 3.26. The average Bonchev–Trinajstić information content (AvgIpc) is 2.72. The van der Waals surface area contributed by atoms with E-state index in [1.54, 1.807) is 0 Å². The van der Waals surface area contributed by atoms with Crippen molar-refractivity contribution in [1.82, 2.24) is 5.32 Å². The van der Waals surface area contributed by atoms with Crippen molar-refractivity contribution in [2.75, 3.05) is 6.61 Å². The zero-order valence-corrected chi connectivity index (χ0v) is 16.2. The summed E-state index contributed by atoms with van der Waals surface area (Å²) in [6.45, 7) is 1.69. The molecule has 29 heavy (non-hydrogen) atoms. The molecule has 0 aliphatic carbocycles. The van der Waals surface area contributed by atoms with Crippen molar-refractivity contribution >= 4 is 5.91 Å². The van der Waals surface area contributed by atoms with E-state index < -0.39 is 36.6 Å². The minimum absolute atomic E-state index is 0.0505. The highest BCUT2D eigenvalue weighted by Gasteiger charge is 2.47.